The van der Waals surface area contributed by atoms with Gasteiger partial charge in [0.25, 0.3) is 0 Å². The van der Waals surface area contributed by atoms with Gasteiger partial charge in [0, 0.05) is 18.5 Å². The standard InChI is InChI=1S/C14H17N5O3/c1-10-6-7-11(8-12(10)19-9-15-17-18-19)16-13(20)4-2-3-5-14(21)22/h6-9H,2-5H2,1H3,(H,16,20)(H,21,22). The predicted molar refractivity (Wildman–Crippen MR) is 78.6 cm³/mol. The maximum Gasteiger partial charge on any atom is 0.303 e. The lowest BCUT2D eigenvalue weighted by Gasteiger charge is -2.09. The van der Waals surface area contributed by atoms with E-state index in [4.69, 9.17) is 5.11 Å². The third-order valence-electron chi connectivity index (χ3n) is 3.13. The van der Waals surface area contributed by atoms with Crippen LogP contribution in [-0.4, -0.2) is 37.2 Å². The summed E-state index contributed by atoms with van der Waals surface area (Å²) in [4.78, 5) is 22.2. The van der Waals surface area contributed by atoms with Crippen molar-refractivity contribution in [2.75, 3.05) is 5.32 Å². The maximum absolute atomic E-state index is 11.8. The number of nitrogens with zero attached hydrogens (tertiary/aromatic N) is 4. The van der Waals surface area contributed by atoms with Crippen molar-refractivity contribution in [3.63, 3.8) is 0 Å². The summed E-state index contributed by atoms with van der Waals surface area (Å²) in [5, 5.41) is 22.3. The lowest BCUT2D eigenvalue weighted by atomic mass is 10.1. The molecule has 0 saturated carbocycles. The molecule has 0 unspecified atom stereocenters. The van der Waals surface area contributed by atoms with Gasteiger partial charge in [0.05, 0.1) is 5.69 Å². The molecule has 0 aliphatic heterocycles. The topological polar surface area (TPSA) is 110 Å². The SMILES string of the molecule is Cc1ccc(NC(=O)CCCCC(=O)O)cc1-n1cnnn1. The number of aliphatic carboxylic acids is 1. The van der Waals surface area contributed by atoms with Crippen LogP contribution in [0.2, 0.25) is 0 Å². The van der Waals surface area contributed by atoms with Crippen molar-refractivity contribution in [1.82, 2.24) is 20.2 Å². The highest BCUT2D eigenvalue weighted by Crippen LogP contribution is 2.18. The van der Waals surface area contributed by atoms with Crippen molar-refractivity contribution in [1.29, 1.82) is 0 Å². The summed E-state index contributed by atoms with van der Waals surface area (Å²) in [6, 6.07) is 5.47. The number of carbonyl (C=O) groups is 2. The summed E-state index contributed by atoms with van der Waals surface area (Å²) < 4.78 is 1.53. The molecule has 8 nitrogen and oxygen atoms in total. The van der Waals surface area contributed by atoms with E-state index >= 15 is 0 Å². The van der Waals surface area contributed by atoms with Crippen molar-refractivity contribution in [2.24, 2.45) is 0 Å². The van der Waals surface area contributed by atoms with Crippen LogP contribution in [0.4, 0.5) is 5.69 Å². The maximum atomic E-state index is 11.8. The average molecular weight is 303 g/mol. The third kappa shape index (κ3) is 4.37. The molecule has 2 aromatic rings. The van der Waals surface area contributed by atoms with Gasteiger partial charge in [0.15, 0.2) is 0 Å². The largest absolute Gasteiger partial charge is 0.481 e. The van der Waals surface area contributed by atoms with Crippen molar-refractivity contribution < 1.29 is 14.7 Å². The van der Waals surface area contributed by atoms with Gasteiger partial charge in [0.2, 0.25) is 5.91 Å². The Labute approximate surface area is 127 Å². The molecule has 1 amide bonds. The van der Waals surface area contributed by atoms with Crippen LogP contribution in [0.15, 0.2) is 24.5 Å². The zero-order chi connectivity index (χ0) is 15.9. The number of unbranched alkanes of at least 4 members (excludes halogenated alkanes) is 1. The monoisotopic (exact) mass is 303 g/mol. The number of benzene rings is 1. The van der Waals surface area contributed by atoms with Gasteiger partial charge in [0.1, 0.15) is 6.33 Å². The Hall–Kier alpha value is -2.77. The van der Waals surface area contributed by atoms with Gasteiger partial charge in [-0.05, 0) is 47.9 Å². The zero-order valence-corrected chi connectivity index (χ0v) is 12.2. The number of anilines is 1. The first-order valence-corrected chi connectivity index (χ1v) is 6.92. The minimum atomic E-state index is -0.843. The van der Waals surface area contributed by atoms with Crippen molar-refractivity contribution >= 4 is 17.6 Å². The molecule has 0 fully saturated rings. The van der Waals surface area contributed by atoms with Crippen LogP contribution >= 0.6 is 0 Å². The van der Waals surface area contributed by atoms with E-state index in [2.05, 4.69) is 20.8 Å². The van der Waals surface area contributed by atoms with E-state index < -0.39 is 5.97 Å². The van der Waals surface area contributed by atoms with E-state index in [1.165, 1.54) is 11.0 Å². The van der Waals surface area contributed by atoms with E-state index in [9.17, 15) is 9.59 Å². The van der Waals surface area contributed by atoms with E-state index in [1.54, 1.807) is 12.1 Å². The minimum Gasteiger partial charge on any atom is -0.481 e. The van der Waals surface area contributed by atoms with E-state index in [0.717, 1.165) is 11.3 Å². The van der Waals surface area contributed by atoms with Gasteiger partial charge < -0.3 is 10.4 Å². The first-order valence-electron chi connectivity index (χ1n) is 6.92. The Balaban J connectivity index is 1.94. The van der Waals surface area contributed by atoms with Crippen LogP contribution in [0.3, 0.4) is 0 Å². The normalized spacial score (nSPS) is 10.4. The molecule has 0 aliphatic carbocycles. The minimum absolute atomic E-state index is 0.0846. The zero-order valence-electron chi connectivity index (χ0n) is 12.2. The molecular weight excluding hydrogens is 286 g/mol. The third-order valence-corrected chi connectivity index (χ3v) is 3.13. The van der Waals surface area contributed by atoms with Crippen molar-refractivity contribution in [2.45, 2.75) is 32.6 Å². The second kappa shape index (κ2) is 7.30. The average Bonchev–Trinajstić information content (AvgIpc) is 2.99. The van der Waals surface area contributed by atoms with Crippen LogP contribution in [0.1, 0.15) is 31.2 Å². The number of nitrogens with one attached hydrogen (secondary N) is 1. The van der Waals surface area contributed by atoms with Gasteiger partial charge in [-0.2, -0.15) is 0 Å². The number of carbonyl (C=O) groups excluding carboxylic acids is 1. The Morgan fingerprint density at radius 1 is 1.27 bits per heavy atom. The van der Waals surface area contributed by atoms with Gasteiger partial charge >= 0.3 is 5.97 Å². The highest BCUT2D eigenvalue weighted by molar-refractivity contribution is 5.91. The fraction of sp³-hybridized carbons (Fsp3) is 0.357. The van der Waals surface area contributed by atoms with E-state index in [1.807, 2.05) is 13.0 Å². The van der Waals surface area contributed by atoms with E-state index in [-0.39, 0.29) is 12.3 Å². The van der Waals surface area contributed by atoms with Crippen LogP contribution in [0.25, 0.3) is 5.69 Å². The summed E-state index contributed by atoms with van der Waals surface area (Å²) in [5.74, 6) is -0.984. The summed E-state index contributed by atoms with van der Waals surface area (Å²) >= 11 is 0. The highest BCUT2D eigenvalue weighted by atomic mass is 16.4. The lowest BCUT2D eigenvalue weighted by Crippen LogP contribution is -2.12. The first-order chi connectivity index (χ1) is 10.6. The molecular formula is C14H17N5O3. The molecule has 22 heavy (non-hydrogen) atoms. The number of amides is 1. The fourth-order valence-corrected chi connectivity index (χ4v) is 1.99. The number of rotatable bonds is 7. The summed E-state index contributed by atoms with van der Waals surface area (Å²) in [5.41, 5.74) is 2.42. The Bertz CT molecular complexity index is 655. The van der Waals surface area contributed by atoms with Gasteiger partial charge in [-0.3, -0.25) is 9.59 Å². The number of aromatic nitrogens is 4. The predicted octanol–water partition coefficient (Wildman–Crippen LogP) is 1.55. The molecule has 0 aliphatic rings. The van der Waals surface area contributed by atoms with Gasteiger partial charge in [-0.15, -0.1) is 5.10 Å². The van der Waals surface area contributed by atoms with Crippen molar-refractivity contribution in [3.05, 3.63) is 30.1 Å². The Kier molecular flexibility index (Phi) is 5.18. The number of tetrazole rings is 1. The molecule has 2 N–H and O–H groups in total. The van der Waals surface area contributed by atoms with Gasteiger partial charge in [-0.1, -0.05) is 6.07 Å². The number of hydrogen-bond donors (Lipinski definition) is 2. The summed E-state index contributed by atoms with van der Waals surface area (Å²) in [6.45, 7) is 1.93. The van der Waals surface area contributed by atoms with Crippen LogP contribution in [-0.2, 0) is 9.59 Å². The lowest BCUT2D eigenvalue weighted by molar-refractivity contribution is -0.137. The fourth-order valence-electron chi connectivity index (χ4n) is 1.99. The smallest absolute Gasteiger partial charge is 0.303 e. The molecule has 0 bridgehead atoms. The molecule has 0 saturated heterocycles. The summed E-state index contributed by atoms with van der Waals surface area (Å²) in [7, 11) is 0. The second-order valence-corrected chi connectivity index (χ2v) is 4.90. The molecule has 0 radical (unpaired) electrons. The molecule has 0 atom stereocenters. The number of aryl methyl sites for hydroxylation is 1. The Morgan fingerprint density at radius 2 is 2.05 bits per heavy atom. The quantitative estimate of drug-likeness (QED) is 0.751. The van der Waals surface area contributed by atoms with E-state index in [0.29, 0.717) is 24.9 Å². The second-order valence-electron chi connectivity index (χ2n) is 4.90. The van der Waals surface area contributed by atoms with Crippen LogP contribution in [0.5, 0.6) is 0 Å². The molecule has 1 aromatic carbocycles. The Morgan fingerprint density at radius 3 is 2.73 bits per heavy atom. The number of hydrogen-bond acceptors (Lipinski definition) is 5. The van der Waals surface area contributed by atoms with Crippen LogP contribution < -0.4 is 5.32 Å². The molecule has 1 heterocycles. The number of carboxylic acids is 1. The molecule has 2 rings (SSSR count). The molecule has 1 aromatic heterocycles. The summed E-state index contributed by atoms with van der Waals surface area (Å²) in [6.07, 6.45) is 2.90. The first kappa shape index (κ1) is 15.6. The van der Waals surface area contributed by atoms with Crippen LogP contribution in [0, 0.1) is 6.92 Å². The molecule has 0 spiro atoms. The van der Waals surface area contributed by atoms with Crippen molar-refractivity contribution in [3.8, 4) is 5.69 Å². The molecule has 116 valence electrons. The number of carboxylic acid groups (broad SMARTS) is 1. The highest BCUT2D eigenvalue weighted by Gasteiger charge is 2.07. The van der Waals surface area contributed by atoms with Gasteiger partial charge in [-0.25, -0.2) is 4.68 Å². The molecule has 8 heteroatoms.